The van der Waals surface area contributed by atoms with E-state index in [9.17, 15) is 14.9 Å². The average Bonchev–Trinajstić information content (AvgIpc) is 2.86. The maximum Gasteiger partial charge on any atom is 0.269 e. The molecule has 0 aliphatic rings. The number of carbonyl (C=O) groups excluding carboxylic acids is 1. The molecule has 0 atom stereocenters. The Morgan fingerprint density at radius 3 is 2.51 bits per heavy atom. The molecule has 1 N–H and O–H groups in total. The summed E-state index contributed by atoms with van der Waals surface area (Å²) in [6.07, 6.45) is 2.78. The van der Waals surface area contributed by atoms with Crippen LogP contribution in [0.25, 0.3) is 11.7 Å². The third-order valence-corrected chi connectivity index (χ3v) is 5.08. The summed E-state index contributed by atoms with van der Waals surface area (Å²) >= 11 is 0. The molecule has 4 aromatic rings. The smallest absolute Gasteiger partial charge is 0.269 e. The summed E-state index contributed by atoms with van der Waals surface area (Å²) in [7, 11) is 0. The molecule has 2 aromatic carbocycles. The number of hydrogen-bond donors (Lipinski definition) is 1. The van der Waals surface area contributed by atoms with E-state index in [1.54, 1.807) is 60.8 Å². The largest absolute Gasteiger partial charge is 0.494 e. The predicted octanol–water partition coefficient (Wildman–Crippen LogP) is 4.74. The van der Waals surface area contributed by atoms with Gasteiger partial charge in [0.15, 0.2) is 0 Å². The van der Waals surface area contributed by atoms with Crippen molar-refractivity contribution in [1.82, 2.24) is 9.38 Å². The molecule has 35 heavy (non-hydrogen) atoms. The third-order valence-electron chi connectivity index (χ3n) is 5.08. The van der Waals surface area contributed by atoms with Crippen LogP contribution in [0.2, 0.25) is 0 Å². The molecule has 0 aliphatic heterocycles. The van der Waals surface area contributed by atoms with Gasteiger partial charge in [-0.2, -0.15) is 10.2 Å². The zero-order valence-electron chi connectivity index (χ0n) is 19.2. The number of nitrogens with zero attached hydrogens (tertiary/aromatic N) is 3. The first kappa shape index (κ1) is 23.3. The Morgan fingerprint density at radius 1 is 1.09 bits per heavy atom. The summed E-state index contributed by atoms with van der Waals surface area (Å²) in [5, 5.41) is 12.4. The van der Waals surface area contributed by atoms with Gasteiger partial charge in [-0.1, -0.05) is 24.3 Å². The monoisotopic (exact) mass is 466 g/mol. The van der Waals surface area contributed by atoms with Crippen molar-refractivity contribution in [1.29, 1.82) is 5.26 Å². The number of para-hydroxylation sites is 1. The van der Waals surface area contributed by atoms with Gasteiger partial charge < -0.3 is 14.8 Å². The van der Waals surface area contributed by atoms with Gasteiger partial charge in [0.25, 0.3) is 11.5 Å². The fraction of sp³-hybridized carbons (Fsp3) is 0.111. The van der Waals surface area contributed by atoms with Gasteiger partial charge in [0.2, 0.25) is 5.88 Å². The second-order valence-corrected chi connectivity index (χ2v) is 7.52. The number of benzene rings is 2. The van der Waals surface area contributed by atoms with Crippen molar-refractivity contribution in [3.63, 3.8) is 0 Å². The Balaban J connectivity index is 1.75. The Morgan fingerprint density at radius 2 is 1.83 bits per heavy atom. The summed E-state index contributed by atoms with van der Waals surface area (Å²) in [6.45, 7) is 4.23. The number of amides is 1. The molecule has 2 heterocycles. The molecule has 0 fully saturated rings. The Hall–Kier alpha value is -4.90. The summed E-state index contributed by atoms with van der Waals surface area (Å²) < 4.78 is 12.7. The maximum absolute atomic E-state index is 13.4. The van der Waals surface area contributed by atoms with Gasteiger partial charge in [0, 0.05) is 11.9 Å². The maximum atomic E-state index is 13.4. The molecule has 4 rings (SSSR count). The highest BCUT2D eigenvalue weighted by molar-refractivity contribution is 6.09. The zero-order chi connectivity index (χ0) is 24.8. The molecule has 8 nitrogen and oxygen atoms in total. The van der Waals surface area contributed by atoms with Crippen molar-refractivity contribution in [2.75, 3.05) is 11.9 Å². The van der Waals surface area contributed by atoms with E-state index in [0.29, 0.717) is 29.4 Å². The highest BCUT2D eigenvalue weighted by Gasteiger charge is 2.18. The van der Waals surface area contributed by atoms with Crippen molar-refractivity contribution in [2.45, 2.75) is 13.8 Å². The van der Waals surface area contributed by atoms with E-state index >= 15 is 0 Å². The number of aryl methyl sites for hydroxylation is 1. The van der Waals surface area contributed by atoms with Crippen molar-refractivity contribution in [3.05, 3.63) is 100.0 Å². The van der Waals surface area contributed by atoms with Gasteiger partial charge in [0.05, 0.1) is 6.61 Å². The van der Waals surface area contributed by atoms with Crippen LogP contribution in [0.3, 0.4) is 0 Å². The van der Waals surface area contributed by atoms with Crippen molar-refractivity contribution in [3.8, 4) is 23.4 Å². The van der Waals surface area contributed by atoms with Gasteiger partial charge >= 0.3 is 0 Å². The van der Waals surface area contributed by atoms with Crippen molar-refractivity contribution in [2.24, 2.45) is 0 Å². The first-order chi connectivity index (χ1) is 17.0. The normalized spacial score (nSPS) is 11.1. The summed E-state index contributed by atoms with van der Waals surface area (Å²) in [5.41, 5.74) is 0.902. The molecule has 0 aliphatic carbocycles. The minimum absolute atomic E-state index is 0.00267. The lowest BCUT2D eigenvalue weighted by Gasteiger charge is -2.11. The van der Waals surface area contributed by atoms with Gasteiger partial charge in [-0.3, -0.25) is 14.0 Å². The standard InChI is InChI=1S/C27H22N4O4/c1-3-34-21-13-11-20(12-14-21)29-25(32)19(17-28)16-23-26(35-22-9-5-4-6-10-22)30-24-18(2)8-7-15-31(24)27(23)33/h4-16H,3H2,1-2H3,(H,29,32)/b19-16+. The zero-order valence-corrected chi connectivity index (χ0v) is 19.2. The van der Waals surface area contributed by atoms with Crippen molar-refractivity contribution >= 4 is 23.3 Å². The lowest BCUT2D eigenvalue weighted by atomic mass is 10.1. The highest BCUT2D eigenvalue weighted by atomic mass is 16.5. The second-order valence-electron chi connectivity index (χ2n) is 7.52. The molecule has 1 amide bonds. The summed E-state index contributed by atoms with van der Waals surface area (Å²) in [6, 6.07) is 21.0. The lowest BCUT2D eigenvalue weighted by Crippen LogP contribution is -2.20. The van der Waals surface area contributed by atoms with Crippen LogP contribution in [0.5, 0.6) is 17.4 Å². The molecule has 0 saturated heterocycles. The quantitative estimate of drug-likeness (QED) is 0.312. The number of pyridine rings is 1. The number of ether oxygens (including phenoxy) is 2. The molecule has 0 saturated carbocycles. The van der Waals surface area contributed by atoms with Crippen LogP contribution in [0.4, 0.5) is 5.69 Å². The van der Waals surface area contributed by atoms with Crippen LogP contribution in [0.1, 0.15) is 18.1 Å². The van der Waals surface area contributed by atoms with E-state index in [1.165, 1.54) is 10.5 Å². The molecule has 0 unspecified atom stereocenters. The number of hydrogen-bond acceptors (Lipinski definition) is 6. The van der Waals surface area contributed by atoms with E-state index < -0.39 is 11.5 Å². The minimum atomic E-state index is -0.670. The molecule has 0 bridgehead atoms. The van der Waals surface area contributed by atoms with E-state index in [-0.39, 0.29) is 17.0 Å². The van der Waals surface area contributed by atoms with Gasteiger partial charge in [-0.15, -0.1) is 0 Å². The predicted molar refractivity (Wildman–Crippen MR) is 133 cm³/mol. The molecule has 0 spiro atoms. The lowest BCUT2D eigenvalue weighted by molar-refractivity contribution is -0.112. The number of nitriles is 1. The van der Waals surface area contributed by atoms with Crippen molar-refractivity contribution < 1.29 is 14.3 Å². The molecule has 174 valence electrons. The molecule has 2 aromatic heterocycles. The van der Waals surface area contributed by atoms with Gasteiger partial charge in [0.1, 0.15) is 34.4 Å². The number of anilines is 1. The minimum Gasteiger partial charge on any atom is -0.494 e. The number of fused-ring (bicyclic) bond motifs is 1. The van der Waals surface area contributed by atoms with Gasteiger partial charge in [-0.25, -0.2) is 0 Å². The molecule has 0 radical (unpaired) electrons. The first-order valence-electron chi connectivity index (χ1n) is 10.9. The summed E-state index contributed by atoms with van der Waals surface area (Å²) in [5.74, 6) is 0.451. The Labute approximate surface area is 201 Å². The molecule has 8 heteroatoms. The Kier molecular flexibility index (Phi) is 6.88. The number of carbonyl (C=O) groups is 1. The molecular weight excluding hydrogens is 444 g/mol. The fourth-order valence-corrected chi connectivity index (χ4v) is 3.39. The van der Waals surface area contributed by atoms with Crippen LogP contribution in [-0.4, -0.2) is 21.9 Å². The van der Waals surface area contributed by atoms with E-state index in [2.05, 4.69) is 10.3 Å². The van der Waals surface area contributed by atoms with Crippen LogP contribution in [0, 0.1) is 18.3 Å². The topological polar surface area (TPSA) is 106 Å². The van der Waals surface area contributed by atoms with Crippen LogP contribution in [0.15, 0.2) is 83.3 Å². The van der Waals surface area contributed by atoms with E-state index in [4.69, 9.17) is 9.47 Å². The van der Waals surface area contributed by atoms with E-state index in [0.717, 1.165) is 5.56 Å². The number of rotatable bonds is 7. The molecular formula is C27H22N4O4. The third kappa shape index (κ3) is 5.20. The number of aromatic nitrogens is 2. The average molecular weight is 466 g/mol. The van der Waals surface area contributed by atoms with Gasteiger partial charge in [-0.05, 0) is 68.0 Å². The summed E-state index contributed by atoms with van der Waals surface area (Å²) in [4.78, 5) is 30.8. The SMILES string of the molecule is CCOc1ccc(NC(=O)/C(C#N)=C/c2c(Oc3ccccc3)nc3c(C)cccn3c2=O)cc1. The van der Waals surface area contributed by atoms with Crippen LogP contribution < -0.4 is 20.3 Å². The second kappa shape index (κ2) is 10.4. The first-order valence-corrected chi connectivity index (χ1v) is 10.9. The Bertz CT molecular complexity index is 1500. The fourth-order valence-electron chi connectivity index (χ4n) is 3.39. The van der Waals surface area contributed by atoms with E-state index in [1.807, 2.05) is 32.0 Å². The highest BCUT2D eigenvalue weighted by Crippen LogP contribution is 2.25. The van der Waals surface area contributed by atoms with Crippen LogP contribution in [-0.2, 0) is 4.79 Å². The van der Waals surface area contributed by atoms with Crippen LogP contribution >= 0.6 is 0 Å². The number of nitrogens with one attached hydrogen (secondary N) is 1.